The first-order valence-corrected chi connectivity index (χ1v) is 7.55. The molecule has 2 amide bonds. The van der Waals surface area contributed by atoms with Crippen LogP contribution >= 0.6 is 0 Å². The van der Waals surface area contributed by atoms with Crippen molar-refractivity contribution in [2.24, 2.45) is 5.92 Å². The Morgan fingerprint density at radius 2 is 2.18 bits per heavy atom. The summed E-state index contributed by atoms with van der Waals surface area (Å²) in [6.07, 6.45) is 4.22. The lowest BCUT2D eigenvalue weighted by Crippen LogP contribution is -2.40. The molecule has 0 saturated carbocycles. The maximum atomic E-state index is 12.0. The highest BCUT2D eigenvalue weighted by molar-refractivity contribution is 5.87. The minimum absolute atomic E-state index is 0.0817. The van der Waals surface area contributed by atoms with Crippen LogP contribution in [0.15, 0.2) is 17.2 Å². The first-order valence-electron chi connectivity index (χ1n) is 7.55. The number of piperidine rings is 1. The minimum Gasteiger partial charge on any atom is -0.352 e. The summed E-state index contributed by atoms with van der Waals surface area (Å²) < 4.78 is 4.97. The van der Waals surface area contributed by atoms with Crippen LogP contribution in [0.4, 0.5) is 0 Å². The van der Waals surface area contributed by atoms with Crippen molar-refractivity contribution >= 4 is 11.8 Å². The fraction of sp³-hybridized carbons (Fsp3) is 0.600. The molecule has 0 spiro atoms. The first kappa shape index (κ1) is 16.2. The van der Waals surface area contributed by atoms with E-state index in [0.29, 0.717) is 24.8 Å². The number of likely N-dealkylation sites (tertiary alicyclic amines) is 1. The predicted molar refractivity (Wildman–Crippen MR) is 79.9 cm³/mol. The molecule has 1 aliphatic heterocycles. The van der Waals surface area contributed by atoms with Gasteiger partial charge in [-0.1, -0.05) is 11.7 Å². The number of nitrogens with zero attached hydrogens (tertiary/aromatic N) is 3. The SMILES string of the molecule is C=CC(=O)NCCC(=O)N1CCC(Cc2noc(C)n2)CC1. The molecular weight excluding hydrogens is 284 g/mol. The number of hydrogen-bond donors (Lipinski definition) is 1. The molecule has 1 fully saturated rings. The minimum atomic E-state index is -0.248. The second-order valence-electron chi connectivity index (χ2n) is 5.50. The van der Waals surface area contributed by atoms with Crippen LogP contribution in [0.1, 0.15) is 31.0 Å². The van der Waals surface area contributed by atoms with Gasteiger partial charge in [0.1, 0.15) is 0 Å². The summed E-state index contributed by atoms with van der Waals surface area (Å²) in [5, 5.41) is 6.53. The molecule has 120 valence electrons. The zero-order valence-electron chi connectivity index (χ0n) is 12.9. The Morgan fingerprint density at radius 3 is 2.77 bits per heavy atom. The third-order valence-electron chi connectivity index (χ3n) is 3.83. The van der Waals surface area contributed by atoms with Gasteiger partial charge in [0.05, 0.1) is 0 Å². The van der Waals surface area contributed by atoms with Gasteiger partial charge in [-0.05, 0) is 24.8 Å². The third-order valence-corrected chi connectivity index (χ3v) is 3.83. The highest BCUT2D eigenvalue weighted by atomic mass is 16.5. The summed E-state index contributed by atoms with van der Waals surface area (Å²) in [5.74, 6) is 1.65. The van der Waals surface area contributed by atoms with Crippen LogP contribution in [0, 0.1) is 12.8 Å². The average Bonchev–Trinajstić information content (AvgIpc) is 2.92. The Hall–Kier alpha value is -2.18. The normalized spacial score (nSPS) is 15.6. The molecule has 1 N–H and O–H groups in total. The summed E-state index contributed by atoms with van der Waals surface area (Å²) in [6, 6.07) is 0. The van der Waals surface area contributed by atoms with Crippen molar-refractivity contribution in [2.75, 3.05) is 19.6 Å². The quantitative estimate of drug-likeness (QED) is 0.787. The predicted octanol–water partition coefficient (Wildman–Crippen LogP) is 0.851. The van der Waals surface area contributed by atoms with Crippen LogP contribution in [-0.4, -0.2) is 46.5 Å². The van der Waals surface area contributed by atoms with Crippen molar-refractivity contribution in [2.45, 2.75) is 32.6 Å². The molecule has 2 rings (SSSR count). The van der Waals surface area contributed by atoms with E-state index < -0.39 is 0 Å². The van der Waals surface area contributed by atoms with Gasteiger partial charge in [-0.25, -0.2) is 0 Å². The number of amides is 2. The van der Waals surface area contributed by atoms with Crippen molar-refractivity contribution in [1.29, 1.82) is 0 Å². The number of aromatic nitrogens is 2. The monoisotopic (exact) mass is 306 g/mol. The first-order chi connectivity index (χ1) is 10.6. The third kappa shape index (κ3) is 4.68. The van der Waals surface area contributed by atoms with Crippen LogP contribution in [0.5, 0.6) is 0 Å². The highest BCUT2D eigenvalue weighted by Crippen LogP contribution is 2.21. The van der Waals surface area contributed by atoms with Gasteiger partial charge in [0.2, 0.25) is 17.7 Å². The molecule has 1 aromatic heterocycles. The summed E-state index contributed by atoms with van der Waals surface area (Å²) in [4.78, 5) is 29.1. The van der Waals surface area contributed by atoms with E-state index in [-0.39, 0.29) is 11.8 Å². The molecule has 0 atom stereocenters. The maximum absolute atomic E-state index is 12.0. The zero-order chi connectivity index (χ0) is 15.9. The van der Waals surface area contributed by atoms with Gasteiger partial charge >= 0.3 is 0 Å². The standard InChI is InChI=1S/C15H22N4O3/c1-3-14(20)16-7-4-15(21)19-8-5-12(6-9-19)10-13-17-11(2)22-18-13/h3,12H,1,4-10H2,2H3,(H,16,20). The smallest absolute Gasteiger partial charge is 0.243 e. The maximum Gasteiger partial charge on any atom is 0.243 e. The zero-order valence-corrected chi connectivity index (χ0v) is 12.9. The molecular formula is C15H22N4O3. The van der Waals surface area contributed by atoms with Gasteiger partial charge in [0, 0.05) is 39.4 Å². The number of nitrogens with one attached hydrogen (secondary N) is 1. The van der Waals surface area contributed by atoms with E-state index in [9.17, 15) is 9.59 Å². The van der Waals surface area contributed by atoms with Crippen LogP contribution in [0.2, 0.25) is 0 Å². The van der Waals surface area contributed by atoms with E-state index in [4.69, 9.17) is 4.52 Å². The van der Waals surface area contributed by atoms with Crippen LogP contribution in [0.3, 0.4) is 0 Å². The van der Waals surface area contributed by atoms with Crippen molar-refractivity contribution < 1.29 is 14.1 Å². The van der Waals surface area contributed by atoms with Gasteiger partial charge in [-0.2, -0.15) is 4.98 Å². The van der Waals surface area contributed by atoms with Gasteiger partial charge in [-0.3, -0.25) is 9.59 Å². The summed E-state index contributed by atoms with van der Waals surface area (Å²) in [7, 11) is 0. The van der Waals surface area contributed by atoms with Crippen LogP contribution in [0.25, 0.3) is 0 Å². The molecule has 0 aliphatic carbocycles. The summed E-state index contributed by atoms with van der Waals surface area (Å²) in [6.45, 7) is 6.99. The van der Waals surface area contributed by atoms with E-state index in [1.165, 1.54) is 6.08 Å². The molecule has 1 aliphatic rings. The number of hydrogen-bond acceptors (Lipinski definition) is 5. The van der Waals surface area contributed by atoms with Crippen LogP contribution < -0.4 is 5.32 Å². The van der Waals surface area contributed by atoms with E-state index in [2.05, 4.69) is 22.0 Å². The molecule has 0 bridgehead atoms. The van der Waals surface area contributed by atoms with E-state index in [1.54, 1.807) is 6.92 Å². The molecule has 0 radical (unpaired) electrons. The lowest BCUT2D eigenvalue weighted by atomic mass is 9.93. The molecule has 7 heteroatoms. The van der Waals surface area contributed by atoms with Crippen molar-refractivity contribution in [3.8, 4) is 0 Å². The Morgan fingerprint density at radius 1 is 1.45 bits per heavy atom. The second-order valence-corrected chi connectivity index (χ2v) is 5.50. The van der Waals surface area contributed by atoms with Crippen molar-refractivity contribution in [3.63, 3.8) is 0 Å². The van der Waals surface area contributed by atoms with Gasteiger partial charge in [-0.15, -0.1) is 0 Å². The Kier molecular flexibility index (Phi) is 5.68. The molecule has 1 aromatic rings. The van der Waals surface area contributed by atoms with E-state index in [0.717, 1.165) is 38.2 Å². The molecule has 2 heterocycles. The number of rotatable bonds is 6. The fourth-order valence-corrected chi connectivity index (χ4v) is 2.59. The fourth-order valence-electron chi connectivity index (χ4n) is 2.59. The van der Waals surface area contributed by atoms with Crippen molar-refractivity contribution in [1.82, 2.24) is 20.4 Å². The van der Waals surface area contributed by atoms with Crippen LogP contribution in [-0.2, 0) is 16.0 Å². The summed E-state index contributed by atoms with van der Waals surface area (Å²) in [5.41, 5.74) is 0. The number of carbonyl (C=O) groups is 2. The van der Waals surface area contributed by atoms with E-state index in [1.807, 2.05) is 4.90 Å². The molecule has 0 aromatic carbocycles. The van der Waals surface area contributed by atoms with Gasteiger partial charge in [0.25, 0.3) is 0 Å². The lowest BCUT2D eigenvalue weighted by Gasteiger charge is -2.31. The van der Waals surface area contributed by atoms with Gasteiger partial charge < -0.3 is 14.7 Å². The Balaban J connectivity index is 1.68. The molecule has 1 saturated heterocycles. The number of aryl methyl sites for hydroxylation is 1. The Labute approximate surface area is 129 Å². The molecule has 0 unspecified atom stereocenters. The molecule has 7 nitrogen and oxygen atoms in total. The summed E-state index contributed by atoms with van der Waals surface area (Å²) >= 11 is 0. The highest BCUT2D eigenvalue weighted by Gasteiger charge is 2.23. The van der Waals surface area contributed by atoms with Gasteiger partial charge in [0.15, 0.2) is 5.82 Å². The largest absolute Gasteiger partial charge is 0.352 e. The second kappa shape index (κ2) is 7.72. The lowest BCUT2D eigenvalue weighted by molar-refractivity contribution is -0.132. The molecule has 22 heavy (non-hydrogen) atoms. The van der Waals surface area contributed by atoms with E-state index >= 15 is 0 Å². The average molecular weight is 306 g/mol. The topological polar surface area (TPSA) is 88.3 Å². The number of carbonyl (C=O) groups excluding carboxylic acids is 2. The van der Waals surface area contributed by atoms with Crippen molar-refractivity contribution in [3.05, 3.63) is 24.4 Å². The Bertz CT molecular complexity index is 533.